The van der Waals surface area contributed by atoms with Crippen molar-refractivity contribution in [1.82, 2.24) is 10.6 Å². The van der Waals surface area contributed by atoms with Gasteiger partial charge < -0.3 is 21.3 Å². The molecule has 4 rings (SSSR count). The maximum absolute atomic E-state index is 13.4. The molecule has 7 nitrogen and oxygen atoms in total. The largest absolute Gasteiger partial charge is 0.368 e. The van der Waals surface area contributed by atoms with Crippen LogP contribution in [0, 0.1) is 5.82 Å². The number of benzene rings is 3. The number of hydrogen-bond acceptors (Lipinski definition) is 4. The third-order valence-corrected chi connectivity index (χ3v) is 6.57. The quantitative estimate of drug-likeness (QED) is 0.397. The standard InChI is InChI=1S/C29H31FN4O3/c30-22-13-15-23(16-14-22)34-17-7-12-26(34)29(37)33-25(19-21-10-5-2-6-11-21)28(36)32-24(27(31)35)18-20-8-3-1-4-9-20/h1-6,8-11,13-16,24-26H,7,12,17-19H2,(H2,31,35)(H,32,36)(H,33,37)/t24-,25-,26-/m0/s1. The molecule has 3 atom stereocenters. The van der Waals surface area contributed by atoms with Crippen LogP contribution >= 0.6 is 0 Å². The van der Waals surface area contributed by atoms with Crippen LogP contribution in [0.5, 0.6) is 0 Å². The first-order valence-electron chi connectivity index (χ1n) is 12.4. The molecule has 4 N–H and O–H groups in total. The second-order valence-corrected chi connectivity index (χ2v) is 9.23. The predicted octanol–water partition coefficient (Wildman–Crippen LogP) is 2.73. The minimum atomic E-state index is -0.924. The lowest BCUT2D eigenvalue weighted by atomic mass is 10.0. The summed E-state index contributed by atoms with van der Waals surface area (Å²) >= 11 is 0. The Labute approximate surface area is 215 Å². The van der Waals surface area contributed by atoms with Crippen LogP contribution in [0.25, 0.3) is 0 Å². The number of nitrogens with one attached hydrogen (secondary N) is 2. The number of carbonyl (C=O) groups is 3. The van der Waals surface area contributed by atoms with Gasteiger partial charge in [-0.15, -0.1) is 0 Å². The average molecular weight is 503 g/mol. The van der Waals surface area contributed by atoms with E-state index in [1.807, 2.05) is 65.6 Å². The average Bonchev–Trinajstić information content (AvgIpc) is 3.40. The van der Waals surface area contributed by atoms with Crippen molar-refractivity contribution in [3.05, 3.63) is 102 Å². The van der Waals surface area contributed by atoms with E-state index >= 15 is 0 Å². The maximum Gasteiger partial charge on any atom is 0.243 e. The molecule has 37 heavy (non-hydrogen) atoms. The highest BCUT2D eigenvalue weighted by Gasteiger charge is 2.34. The molecule has 3 amide bonds. The van der Waals surface area contributed by atoms with E-state index in [0.29, 0.717) is 13.0 Å². The molecule has 192 valence electrons. The van der Waals surface area contributed by atoms with E-state index < -0.39 is 29.9 Å². The highest BCUT2D eigenvalue weighted by Crippen LogP contribution is 2.26. The van der Waals surface area contributed by atoms with Crippen LogP contribution in [-0.2, 0) is 27.2 Å². The molecule has 0 saturated carbocycles. The highest BCUT2D eigenvalue weighted by atomic mass is 19.1. The first-order valence-corrected chi connectivity index (χ1v) is 12.4. The monoisotopic (exact) mass is 502 g/mol. The summed E-state index contributed by atoms with van der Waals surface area (Å²) in [4.78, 5) is 40.9. The fraction of sp³-hybridized carbons (Fsp3) is 0.276. The number of carbonyl (C=O) groups excluding carboxylic acids is 3. The molecule has 0 aliphatic carbocycles. The molecule has 0 unspecified atom stereocenters. The molecule has 3 aromatic carbocycles. The zero-order chi connectivity index (χ0) is 26.2. The Morgan fingerprint density at radius 1 is 0.838 bits per heavy atom. The number of nitrogens with zero attached hydrogens (tertiary/aromatic N) is 1. The summed E-state index contributed by atoms with van der Waals surface area (Å²) in [7, 11) is 0. The van der Waals surface area contributed by atoms with Crippen molar-refractivity contribution in [3.8, 4) is 0 Å². The minimum Gasteiger partial charge on any atom is -0.368 e. The summed E-state index contributed by atoms with van der Waals surface area (Å²) in [6.45, 7) is 0.653. The van der Waals surface area contributed by atoms with Crippen molar-refractivity contribution in [3.63, 3.8) is 0 Å². The molecule has 1 heterocycles. The number of halogens is 1. The van der Waals surface area contributed by atoms with Gasteiger partial charge in [0.1, 0.15) is 23.9 Å². The number of nitrogens with two attached hydrogens (primary N) is 1. The van der Waals surface area contributed by atoms with Crippen LogP contribution in [0.4, 0.5) is 10.1 Å². The van der Waals surface area contributed by atoms with Crippen molar-refractivity contribution < 1.29 is 18.8 Å². The maximum atomic E-state index is 13.4. The van der Waals surface area contributed by atoms with Crippen LogP contribution < -0.4 is 21.3 Å². The van der Waals surface area contributed by atoms with Gasteiger partial charge in [0, 0.05) is 25.1 Å². The number of primary amides is 1. The van der Waals surface area contributed by atoms with Gasteiger partial charge in [-0.1, -0.05) is 60.7 Å². The van der Waals surface area contributed by atoms with Gasteiger partial charge in [-0.25, -0.2) is 4.39 Å². The molecule has 0 bridgehead atoms. The lowest BCUT2D eigenvalue weighted by molar-refractivity contribution is -0.131. The van der Waals surface area contributed by atoms with E-state index in [2.05, 4.69) is 10.6 Å². The second-order valence-electron chi connectivity index (χ2n) is 9.23. The summed E-state index contributed by atoms with van der Waals surface area (Å²) in [5.74, 6) is -1.77. The summed E-state index contributed by atoms with van der Waals surface area (Å²) < 4.78 is 13.4. The Balaban J connectivity index is 1.50. The number of anilines is 1. The Kier molecular flexibility index (Phi) is 8.51. The number of amides is 3. The van der Waals surface area contributed by atoms with Crippen LogP contribution in [-0.4, -0.2) is 42.4 Å². The molecule has 1 aliphatic rings. The number of rotatable bonds is 10. The van der Waals surface area contributed by atoms with Crippen LogP contribution in [0.15, 0.2) is 84.9 Å². The van der Waals surface area contributed by atoms with Crippen molar-refractivity contribution in [1.29, 1.82) is 0 Å². The molecule has 1 saturated heterocycles. The van der Waals surface area contributed by atoms with E-state index in [-0.39, 0.29) is 24.6 Å². The lowest BCUT2D eigenvalue weighted by Gasteiger charge is -2.28. The Hall–Kier alpha value is -4.20. The van der Waals surface area contributed by atoms with Gasteiger partial charge in [-0.05, 0) is 48.2 Å². The highest BCUT2D eigenvalue weighted by molar-refractivity contribution is 5.94. The fourth-order valence-corrected chi connectivity index (χ4v) is 4.65. The van der Waals surface area contributed by atoms with Crippen molar-refractivity contribution in [2.75, 3.05) is 11.4 Å². The van der Waals surface area contributed by atoms with Gasteiger partial charge in [-0.3, -0.25) is 14.4 Å². The van der Waals surface area contributed by atoms with Gasteiger partial charge in [0.2, 0.25) is 17.7 Å². The lowest BCUT2D eigenvalue weighted by Crippen LogP contribution is -2.56. The smallest absolute Gasteiger partial charge is 0.243 e. The Bertz CT molecular complexity index is 1200. The van der Waals surface area contributed by atoms with Gasteiger partial charge in [0.05, 0.1) is 0 Å². The third-order valence-electron chi connectivity index (χ3n) is 6.57. The van der Waals surface area contributed by atoms with E-state index in [1.165, 1.54) is 12.1 Å². The van der Waals surface area contributed by atoms with Gasteiger partial charge in [-0.2, -0.15) is 0 Å². The van der Waals surface area contributed by atoms with Crippen molar-refractivity contribution in [2.45, 2.75) is 43.8 Å². The molecule has 0 radical (unpaired) electrons. The van der Waals surface area contributed by atoms with Crippen LogP contribution in [0.3, 0.4) is 0 Å². The predicted molar refractivity (Wildman–Crippen MR) is 140 cm³/mol. The second kappa shape index (κ2) is 12.2. The van der Waals surface area contributed by atoms with Crippen LogP contribution in [0.2, 0.25) is 0 Å². The molecular weight excluding hydrogens is 471 g/mol. The molecule has 0 spiro atoms. The van der Waals surface area contributed by atoms with E-state index in [4.69, 9.17) is 5.73 Å². The number of hydrogen-bond donors (Lipinski definition) is 3. The Morgan fingerprint density at radius 3 is 1.97 bits per heavy atom. The molecule has 0 aromatic heterocycles. The van der Waals surface area contributed by atoms with E-state index in [0.717, 1.165) is 23.2 Å². The zero-order valence-corrected chi connectivity index (χ0v) is 20.5. The SMILES string of the molecule is NC(=O)[C@H](Cc1ccccc1)NC(=O)[C@H](Cc1ccccc1)NC(=O)[C@@H]1CCCN1c1ccc(F)cc1. The first-order chi connectivity index (χ1) is 17.9. The normalized spacial score (nSPS) is 16.6. The third kappa shape index (κ3) is 6.94. The fourth-order valence-electron chi connectivity index (χ4n) is 4.65. The van der Waals surface area contributed by atoms with Gasteiger partial charge >= 0.3 is 0 Å². The van der Waals surface area contributed by atoms with Crippen LogP contribution in [0.1, 0.15) is 24.0 Å². The topological polar surface area (TPSA) is 105 Å². The van der Waals surface area contributed by atoms with E-state index in [9.17, 15) is 18.8 Å². The first kappa shape index (κ1) is 25.9. The van der Waals surface area contributed by atoms with Gasteiger partial charge in [0.25, 0.3) is 0 Å². The summed E-state index contributed by atoms with van der Waals surface area (Å²) in [6.07, 6.45) is 1.90. The van der Waals surface area contributed by atoms with E-state index in [1.54, 1.807) is 12.1 Å². The minimum absolute atomic E-state index is 0.245. The molecule has 1 aliphatic heterocycles. The molecule has 8 heteroatoms. The summed E-state index contributed by atoms with van der Waals surface area (Å²) in [5.41, 5.74) is 8.08. The molecule has 3 aromatic rings. The van der Waals surface area contributed by atoms with Crippen molar-refractivity contribution in [2.24, 2.45) is 5.73 Å². The molecular formula is C29H31FN4O3. The summed E-state index contributed by atoms with van der Waals surface area (Å²) in [6, 6.07) is 22.3. The van der Waals surface area contributed by atoms with Gasteiger partial charge in [0.15, 0.2) is 0 Å². The molecule has 1 fully saturated rings. The Morgan fingerprint density at radius 2 is 1.41 bits per heavy atom. The summed E-state index contributed by atoms with van der Waals surface area (Å²) in [5, 5.41) is 5.65. The zero-order valence-electron chi connectivity index (χ0n) is 20.5. The van der Waals surface area contributed by atoms with Crippen molar-refractivity contribution >= 4 is 23.4 Å².